The Morgan fingerprint density at radius 2 is 1.81 bits per heavy atom. The lowest BCUT2D eigenvalue weighted by molar-refractivity contribution is 0.0602. The van der Waals surface area contributed by atoms with Crippen molar-refractivity contribution in [3.05, 3.63) is 71.8 Å². The van der Waals surface area contributed by atoms with Gasteiger partial charge in [0, 0.05) is 10.9 Å². The van der Waals surface area contributed by atoms with Gasteiger partial charge in [-0.1, -0.05) is 30.3 Å². The first kappa shape index (κ1) is 18.9. The van der Waals surface area contributed by atoms with E-state index in [1.54, 1.807) is 6.07 Å². The molecule has 0 spiro atoms. The number of nitrogens with one attached hydrogen (secondary N) is 2. The number of rotatable bonds is 4. The number of thiophene rings is 1. The highest BCUT2D eigenvalue weighted by Gasteiger charge is 2.19. The predicted molar refractivity (Wildman–Crippen MR) is 107 cm³/mol. The normalized spacial score (nSPS) is 10.3. The average Bonchev–Trinajstić information content (AvgIpc) is 3.08. The van der Waals surface area contributed by atoms with E-state index in [1.165, 1.54) is 24.5 Å². The molecule has 0 aliphatic rings. The first-order valence-electron chi connectivity index (χ1n) is 7.78. The van der Waals surface area contributed by atoms with Crippen LogP contribution >= 0.6 is 23.6 Å². The molecule has 0 aliphatic heterocycles. The number of thiocarbonyl (C=S) groups is 1. The van der Waals surface area contributed by atoms with E-state index in [0.29, 0.717) is 10.6 Å². The molecule has 2 N–H and O–H groups in total. The highest BCUT2D eigenvalue weighted by Crippen LogP contribution is 2.36. The summed E-state index contributed by atoms with van der Waals surface area (Å²) in [5.74, 6) is -1.98. The van der Waals surface area contributed by atoms with Crippen LogP contribution in [0.5, 0.6) is 0 Å². The Morgan fingerprint density at radius 1 is 1.07 bits per heavy atom. The number of halogens is 2. The fourth-order valence-corrected chi connectivity index (χ4v) is 3.67. The fourth-order valence-electron chi connectivity index (χ4n) is 2.34. The van der Waals surface area contributed by atoms with Crippen molar-refractivity contribution in [1.29, 1.82) is 0 Å². The largest absolute Gasteiger partial charge is 0.465 e. The molecule has 0 amide bonds. The molecule has 0 radical (unpaired) electrons. The minimum atomic E-state index is -0.775. The van der Waals surface area contributed by atoms with Crippen molar-refractivity contribution >= 4 is 45.3 Å². The first-order valence-corrected chi connectivity index (χ1v) is 9.01. The zero-order valence-corrected chi connectivity index (χ0v) is 15.7. The zero-order chi connectivity index (χ0) is 19.4. The lowest BCUT2D eigenvalue weighted by Gasteiger charge is -2.11. The van der Waals surface area contributed by atoms with Crippen molar-refractivity contribution in [3.63, 3.8) is 0 Å². The van der Waals surface area contributed by atoms with Crippen LogP contribution in [0.25, 0.3) is 10.4 Å². The molecule has 3 rings (SSSR count). The maximum atomic E-state index is 13.8. The first-order chi connectivity index (χ1) is 13.0. The van der Waals surface area contributed by atoms with Crippen LogP contribution in [-0.2, 0) is 4.74 Å². The number of carbonyl (C=O) groups is 1. The van der Waals surface area contributed by atoms with Crippen LogP contribution in [0, 0.1) is 11.6 Å². The summed E-state index contributed by atoms with van der Waals surface area (Å²) in [6, 6.07) is 14.3. The predicted octanol–water partition coefficient (Wildman–Crippen LogP) is 5.29. The van der Waals surface area contributed by atoms with Crippen molar-refractivity contribution in [1.82, 2.24) is 0 Å². The molecular formula is C19H14F2N2O2S2. The molecule has 0 bridgehead atoms. The molecule has 0 atom stereocenters. The van der Waals surface area contributed by atoms with Gasteiger partial charge in [0.1, 0.15) is 16.6 Å². The van der Waals surface area contributed by atoms with Gasteiger partial charge in [-0.2, -0.15) is 0 Å². The second-order valence-corrected chi connectivity index (χ2v) is 6.87. The minimum absolute atomic E-state index is 0.0216. The van der Waals surface area contributed by atoms with Crippen LogP contribution in [0.15, 0.2) is 54.6 Å². The Hall–Kier alpha value is -2.84. The average molecular weight is 404 g/mol. The summed E-state index contributed by atoms with van der Waals surface area (Å²) in [5, 5.41) is 6.06. The van der Waals surface area contributed by atoms with E-state index in [1.807, 2.05) is 30.3 Å². The van der Waals surface area contributed by atoms with Crippen LogP contribution in [-0.4, -0.2) is 18.2 Å². The fraction of sp³-hybridized carbons (Fsp3) is 0.0526. The van der Waals surface area contributed by atoms with Crippen LogP contribution in [0.4, 0.5) is 19.5 Å². The highest BCUT2D eigenvalue weighted by atomic mass is 32.1. The Balaban J connectivity index is 1.85. The summed E-state index contributed by atoms with van der Waals surface area (Å²) in [6.45, 7) is 0. The molecule has 0 saturated carbocycles. The number of benzene rings is 2. The maximum absolute atomic E-state index is 13.8. The molecule has 4 nitrogen and oxygen atoms in total. The Morgan fingerprint density at radius 3 is 2.48 bits per heavy atom. The zero-order valence-electron chi connectivity index (χ0n) is 14.1. The van der Waals surface area contributed by atoms with E-state index in [2.05, 4.69) is 10.6 Å². The Bertz CT molecular complexity index is 991. The second-order valence-electron chi connectivity index (χ2n) is 5.41. The third-order valence-corrected chi connectivity index (χ3v) is 4.91. The summed E-state index contributed by atoms with van der Waals surface area (Å²) >= 11 is 6.50. The Labute approximate surface area is 163 Å². The molecule has 0 unspecified atom stereocenters. The molecule has 0 fully saturated rings. The van der Waals surface area contributed by atoms with E-state index in [-0.39, 0.29) is 10.8 Å². The molecule has 0 saturated heterocycles. The second kappa shape index (κ2) is 8.24. The van der Waals surface area contributed by atoms with E-state index in [9.17, 15) is 13.6 Å². The van der Waals surface area contributed by atoms with Gasteiger partial charge in [-0.25, -0.2) is 13.6 Å². The van der Waals surface area contributed by atoms with Crippen molar-refractivity contribution in [2.75, 3.05) is 17.7 Å². The van der Waals surface area contributed by atoms with Gasteiger partial charge in [-0.3, -0.25) is 0 Å². The number of hydrogen-bond donors (Lipinski definition) is 2. The van der Waals surface area contributed by atoms with Crippen molar-refractivity contribution in [2.24, 2.45) is 0 Å². The number of anilines is 2. The van der Waals surface area contributed by atoms with Crippen molar-refractivity contribution < 1.29 is 18.3 Å². The maximum Gasteiger partial charge on any atom is 0.340 e. The lowest BCUT2D eigenvalue weighted by atomic mass is 10.1. The number of hydrogen-bond acceptors (Lipinski definition) is 4. The van der Waals surface area contributed by atoms with E-state index in [0.717, 1.165) is 22.6 Å². The summed E-state index contributed by atoms with van der Waals surface area (Å²) in [4.78, 5) is 12.9. The van der Waals surface area contributed by atoms with Gasteiger partial charge in [-0.05, 0) is 36.0 Å². The van der Waals surface area contributed by atoms with Crippen LogP contribution in [0.1, 0.15) is 10.4 Å². The Kier molecular flexibility index (Phi) is 5.78. The monoisotopic (exact) mass is 404 g/mol. The minimum Gasteiger partial charge on any atom is -0.465 e. The summed E-state index contributed by atoms with van der Waals surface area (Å²) in [6.07, 6.45) is 0. The molecule has 0 aliphatic carbocycles. The molecule has 1 aromatic heterocycles. The van der Waals surface area contributed by atoms with Crippen molar-refractivity contribution in [2.45, 2.75) is 0 Å². The van der Waals surface area contributed by atoms with E-state index in [4.69, 9.17) is 17.0 Å². The van der Waals surface area contributed by atoms with Crippen LogP contribution < -0.4 is 10.6 Å². The van der Waals surface area contributed by atoms with Crippen molar-refractivity contribution in [3.8, 4) is 10.4 Å². The van der Waals surface area contributed by atoms with Gasteiger partial charge < -0.3 is 15.4 Å². The standard InChI is InChI=1S/C19H14F2N2O2S2/c1-25-18(24)13-10-16(11-5-3-2-4-6-11)27-17(13)23-19(26)22-15-8-7-12(20)9-14(15)21/h2-10H,1H3,(H2,22,23,26). The summed E-state index contributed by atoms with van der Waals surface area (Å²) in [7, 11) is 1.29. The lowest BCUT2D eigenvalue weighted by Crippen LogP contribution is -2.20. The molecule has 3 aromatic rings. The van der Waals surface area contributed by atoms with Gasteiger partial charge in [0.2, 0.25) is 0 Å². The van der Waals surface area contributed by atoms with Gasteiger partial charge in [-0.15, -0.1) is 11.3 Å². The van der Waals surface area contributed by atoms with Crippen LogP contribution in [0.3, 0.4) is 0 Å². The van der Waals surface area contributed by atoms with Gasteiger partial charge in [0.05, 0.1) is 18.4 Å². The number of methoxy groups -OCH3 is 1. The number of carbonyl (C=O) groups excluding carboxylic acids is 1. The van der Waals surface area contributed by atoms with E-state index >= 15 is 0 Å². The van der Waals surface area contributed by atoms with Gasteiger partial charge >= 0.3 is 5.97 Å². The molecule has 1 heterocycles. The third-order valence-electron chi connectivity index (χ3n) is 3.60. The third kappa shape index (κ3) is 4.47. The molecule has 27 heavy (non-hydrogen) atoms. The van der Waals surface area contributed by atoms with Crippen LogP contribution in [0.2, 0.25) is 0 Å². The molecular weight excluding hydrogens is 390 g/mol. The molecule has 2 aromatic carbocycles. The summed E-state index contributed by atoms with van der Waals surface area (Å²) < 4.78 is 31.6. The smallest absolute Gasteiger partial charge is 0.340 e. The highest BCUT2D eigenvalue weighted by molar-refractivity contribution is 7.80. The quantitative estimate of drug-likeness (QED) is 0.457. The SMILES string of the molecule is COC(=O)c1cc(-c2ccccc2)sc1NC(=S)Nc1ccc(F)cc1F. The number of ether oxygens (including phenoxy) is 1. The number of esters is 1. The topological polar surface area (TPSA) is 50.4 Å². The molecule has 138 valence electrons. The van der Waals surface area contributed by atoms with Gasteiger partial charge in [0.15, 0.2) is 5.11 Å². The molecule has 8 heteroatoms. The van der Waals surface area contributed by atoms with E-state index < -0.39 is 17.6 Å². The van der Waals surface area contributed by atoms with Gasteiger partial charge in [0.25, 0.3) is 0 Å². The summed E-state index contributed by atoms with van der Waals surface area (Å²) in [5.41, 5.74) is 1.27.